The van der Waals surface area contributed by atoms with E-state index in [2.05, 4.69) is 31.9 Å². The van der Waals surface area contributed by atoms with E-state index in [-0.39, 0.29) is 5.41 Å². The Kier molecular flexibility index (Phi) is 4.54. The van der Waals surface area contributed by atoms with Crippen molar-refractivity contribution >= 4 is 0 Å². The van der Waals surface area contributed by atoms with E-state index in [1.165, 1.54) is 24.2 Å². The molecule has 16 heavy (non-hydrogen) atoms. The van der Waals surface area contributed by atoms with Crippen LogP contribution in [0.3, 0.4) is 0 Å². The maximum Gasteiger partial charge on any atom is 0.0624 e. The van der Waals surface area contributed by atoms with Crippen molar-refractivity contribution in [2.24, 2.45) is 18.2 Å². The van der Waals surface area contributed by atoms with E-state index in [0.29, 0.717) is 0 Å². The van der Waals surface area contributed by atoms with Gasteiger partial charge in [0.05, 0.1) is 5.69 Å². The number of nitrogens with zero attached hydrogens (tertiary/aromatic N) is 2. The molecule has 1 rings (SSSR count). The van der Waals surface area contributed by atoms with Gasteiger partial charge in [-0.25, -0.2) is 0 Å². The monoisotopic (exact) mass is 223 g/mol. The van der Waals surface area contributed by atoms with E-state index >= 15 is 0 Å². The SMILES string of the molecule is CCCC(C)(CN)Cc1cc(CC)nn1C. The summed E-state index contributed by atoms with van der Waals surface area (Å²) in [5, 5.41) is 4.48. The molecule has 1 unspecified atom stereocenters. The topological polar surface area (TPSA) is 43.8 Å². The summed E-state index contributed by atoms with van der Waals surface area (Å²) in [6, 6.07) is 2.21. The Morgan fingerprint density at radius 2 is 2.12 bits per heavy atom. The van der Waals surface area contributed by atoms with Gasteiger partial charge in [0.1, 0.15) is 0 Å². The molecular formula is C13H25N3. The first-order valence-corrected chi connectivity index (χ1v) is 6.26. The van der Waals surface area contributed by atoms with E-state index in [9.17, 15) is 0 Å². The molecule has 1 aromatic rings. The van der Waals surface area contributed by atoms with Gasteiger partial charge in [-0.15, -0.1) is 0 Å². The minimum absolute atomic E-state index is 0.216. The lowest BCUT2D eigenvalue weighted by Crippen LogP contribution is -2.30. The molecule has 1 heterocycles. The molecule has 0 saturated carbocycles. The largest absolute Gasteiger partial charge is 0.330 e. The zero-order chi connectivity index (χ0) is 12.2. The van der Waals surface area contributed by atoms with Gasteiger partial charge in [0.2, 0.25) is 0 Å². The molecule has 0 aliphatic rings. The molecule has 0 saturated heterocycles. The van der Waals surface area contributed by atoms with Gasteiger partial charge in [-0.2, -0.15) is 5.10 Å². The van der Waals surface area contributed by atoms with Crippen molar-refractivity contribution in [3.63, 3.8) is 0 Å². The molecule has 2 N–H and O–H groups in total. The minimum Gasteiger partial charge on any atom is -0.330 e. The van der Waals surface area contributed by atoms with Gasteiger partial charge in [-0.05, 0) is 37.3 Å². The summed E-state index contributed by atoms with van der Waals surface area (Å²) >= 11 is 0. The summed E-state index contributed by atoms with van der Waals surface area (Å²) in [5.41, 5.74) is 8.59. The number of rotatable bonds is 6. The molecule has 3 heteroatoms. The molecule has 92 valence electrons. The van der Waals surface area contributed by atoms with Crippen LogP contribution in [0.4, 0.5) is 0 Å². The molecule has 0 amide bonds. The molecule has 1 aromatic heterocycles. The van der Waals surface area contributed by atoms with Crippen LogP contribution < -0.4 is 5.73 Å². The van der Waals surface area contributed by atoms with Crippen molar-refractivity contribution in [1.82, 2.24) is 9.78 Å². The van der Waals surface area contributed by atoms with Gasteiger partial charge in [-0.1, -0.05) is 27.2 Å². The highest BCUT2D eigenvalue weighted by Gasteiger charge is 2.23. The van der Waals surface area contributed by atoms with Crippen molar-refractivity contribution in [3.8, 4) is 0 Å². The highest BCUT2D eigenvalue weighted by Crippen LogP contribution is 2.27. The quantitative estimate of drug-likeness (QED) is 0.804. The third kappa shape index (κ3) is 3.08. The fourth-order valence-electron chi connectivity index (χ4n) is 2.21. The van der Waals surface area contributed by atoms with E-state index in [4.69, 9.17) is 5.73 Å². The predicted octanol–water partition coefficient (Wildman–Crippen LogP) is 2.29. The smallest absolute Gasteiger partial charge is 0.0624 e. The van der Waals surface area contributed by atoms with Gasteiger partial charge >= 0.3 is 0 Å². The van der Waals surface area contributed by atoms with Crippen LogP contribution >= 0.6 is 0 Å². The maximum atomic E-state index is 5.90. The number of aryl methyl sites for hydroxylation is 2. The normalized spacial score (nSPS) is 15.1. The lowest BCUT2D eigenvalue weighted by Gasteiger charge is -2.27. The third-order valence-electron chi connectivity index (χ3n) is 3.34. The van der Waals surface area contributed by atoms with Crippen molar-refractivity contribution < 1.29 is 0 Å². The summed E-state index contributed by atoms with van der Waals surface area (Å²) in [6.07, 6.45) is 4.39. The highest BCUT2D eigenvalue weighted by molar-refractivity contribution is 5.12. The lowest BCUT2D eigenvalue weighted by molar-refractivity contribution is 0.295. The van der Waals surface area contributed by atoms with Crippen molar-refractivity contribution in [1.29, 1.82) is 0 Å². The van der Waals surface area contributed by atoms with E-state index < -0.39 is 0 Å². The van der Waals surface area contributed by atoms with Gasteiger partial charge < -0.3 is 5.73 Å². The molecule has 0 bridgehead atoms. The number of hydrogen-bond acceptors (Lipinski definition) is 2. The fraction of sp³-hybridized carbons (Fsp3) is 0.769. The zero-order valence-corrected chi connectivity index (χ0v) is 11.1. The Morgan fingerprint density at radius 3 is 2.56 bits per heavy atom. The average Bonchev–Trinajstić information content (AvgIpc) is 2.60. The lowest BCUT2D eigenvalue weighted by atomic mass is 9.81. The van der Waals surface area contributed by atoms with Gasteiger partial charge in [0.25, 0.3) is 0 Å². The first-order chi connectivity index (χ1) is 7.54. The Bertz CT molecular complexity index is 330. The first-order valence-electron chi connectivity index (χ1n) is 6.26. The Labute approximate surface area is 99.0 Å². The summed E-state index contributed by atoms with van der Waals surface area (Å²) < 4.78 is 2.00. The molecule has 3 nitrogen and oxygen atoms in total. The van der Waals surface area contributed by atoms with Crippen LogP contribution in [0.5, 0.6) is 0 Å². The van der Waals surface area contributed by atoms with Crippen LogP contribution in [0.25, 0.3) is 0 Å². The van der Waals surface area contributed by atoms with E-state index in [0.717, 1.165) is 19.4 Å². The average molecular weight is 223 g/mol. The summed E-state index contributed by atoms with van der Waals surface area (Å²) in [4.78, 5) is 0. The molecule has 0 aliphatic carbocycles. The maximum absolute atomic E-state index is 5.90. The van der Waals surface area contributed by atoms with Gasteiger partial charge in [0, 0.05) is 12.7 Å². The summed E-state index contributed by atoms with van der Waals surface area (Å²) in [7, 11) is 2.03. The summed E-state index contributed by atoms with van der Waals surface area (Å²) in [5.74, 6) is 0. The highest BCUT2D eigenvalue weighted by atomic mass is 15.3. The second kappa shape index (κ2) is 5.48. The van der Waals surface area contributed by atoms with Crippen LogP contribution in [0.1, 0.15) is 45.0 Å². The Balaban J connectivity index is 2.80. The van der Waals surface area contributed by atoms with Crippen molar-refractivity contribution in [2.75, 3.05) is 6.54 Å². The minimum atomic E-state index is 0.216. The standard InChI is InChI=1S/C13H25N3/c1-5-7-13(3,10-14)9-12-8-11(6-2)15-16(12)4/h8H,5-7,9-10,14H2,1-4H3. The molecule has 0 aromatic carbocycles. The van der Waals surface area contributed by atoms with Gasteiger partial charge in [-0.3, -0.25) is 4.68 Å². The molecule has 0 spiro atoms. The van der Waals surface area contributed by atoms with Crippen molar-refractivity contribution in [3.05, 3.63) is 17.5 Å². The van der Waals surface area contributed by atoms with E-state index in [1.54, 1.807) is 0 Å². The molecule has 1 atom stereocenters. The zero-order valence-electron chi connectivity index (χ0n) is 11.1. The van der Waals surface area contributed by atoms with Crippen LogP contribution in [0, 0.1) is 5.41 Å². The molecule has 0 aliphatic heterocycles. The Morgan fingerprint density at radius 1 is 1.44 bits per heavy atom. The van der Waals surface area contributed by atoms with Crippen molar-refractivity contribution in [2.45, 2.75) is 46.5 Å². The third-order valence-corrected chi connectivity index (χ3v) is 3.34. The first kappa shape index (κ1) is 13.2. The predicted molar refractivity (Wildman–Crippen MR) is 68.4 cm³/mol. The van der Waals surface area contributed by atoms with E-state index in [1.807, 2.05) is 11.7 Å². The van der Waals surface area contributed by atoms with Crippen LogP contribution in [0.15, 0.2) is 6.07 Å². The number of aromatic nitrogens is 2. The molecule has 0 fully saturated rings. The fourth-order valence-corrected chi connectivity index (χ4v) is 2.21. The van der Waals surface area contributed by atoms with Crippen LogP contribution in [-0.2, 0) is 19.9 Å². The second-order valence-electron chi connectivity index (χ2n) is 5.05. The van der Waals surface area contributed by atoms with Crippen LogP contribution in [0.2, 0.25) is 0 Å². The molecule has 0 radical (unpaired) electrons. The number of nitrogens with two attached hydrogens (primary N) is 1. The summed E-state index contributed by atoms with van der Waals surface area (Å²) in [6.45, 7) is 7.37. The second-order valence-corrected chi connectivity index (χ2v) is 5.05. The Hall–Kier alpha value is -0.830. The van der Waals surface area contributed by atoms with Gasteiger partial charge in [0.15, 0.2) is 0 Å². The van der Waals surface area contributed by atoms with Crippen LogP contribution in [-0.4, -0.2) is 16.3 Å². The number of hydrogen-bond donors (Lipinski definition) is 1. The molecular weight excluding hydrogens is 198 g/mol.